The molecular formula is C15H27N3O3. The molecule has 2 aliphatic heterocycles. The Kier molecular flexibility index (Phi) is 5.58. The Bertz CT molecular complexity index is 378. The number of hydrogen-bond donors (Lipinski definition) is 2. The Morgan fingerprint density at radius 1 is 1.19 bits per heavy atom. The van der Waals surface area contributed by atoms with E-state index in [-0.39, 0.29) is 35.7 Å². The van der Waals surface area contributed by atoms with E-state index in [1.807, 2.05) is 25.8 Å². The second-order valence-electron chi connectivity index (χ2n) is 6.30. The summed E-state index contributed by atoms with van der Waals surface area (Å²) in [6, 6.07) is 0.277. The van der Waals surface area contributed by atoms with Crippen LogP contribution < -0.4 is 10.6 Å². The van der Waals surface area contributed by atoms with Crippen molar-refractivity contribution in [3.8, 4) is 0 Å². The molecule has 0 aromatic heterocycles. The Balaban J connectivity index is 1.78. The summed E-state index contributed by atoms with van der Waals surface area (Å²) in [6.45, 7) is 6.40. The molecule has 2 aliphatic rings. The molecule has 21 heavy (non-hydrogen) atoms. The van der Waals surface area contributed by atoms with Crippen molar-refractivity contribution in [1.29, 1.82) is 0 Å². The first-order valence-corrected chi connectivity index (χ1v) is 7.87. The summed E-state index contributed by atoms with van der Waals surface area (Å²) in [5.41, 5.74) is 0. The highest BCUT2D eigenvalue weighted by molar-refractivity contribution is 5.80. The first-order valence-electron chi connectivity index (χ1n) is 7.87. The van der Waals surface area contributed by atoms with Gasteiger partial charge in [-0.1, -0.05) is 13.8 Å². The van der Waals surface area contributed by atoms with Crippen LogP contribution in [0.25, 0.3) is 0 Å². The molecule has 2 heterocycles. The molecule has 2 atom stereocenters. The van der Waals surface area contributed by atoms with Crippen LogP contribution >= 0.6 is 0 Å². The third-order valence-electron chi connectivity index (χ3n) is 4.43. The topological polar surface area (TPSA) is 70.7 Å². The maximum absolute atomic E-state index is 12.3. The van der Waals surface area contributed by atoms with E-state index in [1.54, 1.807) is 0 Å². The van der Waals surface area contributed by atoms with Gasteiger partial charge in [-0.05, 0) is 19.9 Å². The maximum Gasteiger partial charge on any atom is 0.227 e. The van der Waals surface area contributed by atoms with Gasteiger partial charge in [-0.3, -0.25) is 9.59 Å². The Morgan fingerprint density at radius 2 is 1.86 bits per heavy atom. The SMILES string of the molecule is CNC1COCC1C(=O)NC1CCN(C(=O)C(C)C)CC1. The fraction of sp³-hybridized carbons (Fsp3) is 0.867. The molecule has 2 N–H and O–H groups in total. The van der Waals surface area contributed by atoms with Gasteiger partial charge in [-0.15, -0.1) is 0 Å². The molecule has 2 rings (SSSR count). The van der Waals surface area contributed by atoms with Crippen molar-refractivity contribution in [2.45, 2.75) is 38.8 Å². The lowest BCUT2D eigenvalue weighted by Gasteiger charge is -2.34. The van der Waals surface area contributed by atoms with Gasteiger partial charge in [0.05, 0.1) is 19.1 Å². The molecule has 0 radical (unpaired) electrons. The molecule has 0 aliphatic carbocycles. The van der Waals surface area contributed by atoms with Crippen LogP contribution in [0.5, 0.6) is 0 Å². The lowest BCUT2D eigenvalue weighted by molar-refractivity contribution is -0.135. The molecule has 0 spiro atoms. The van der Waals surface area contributed by atoms with Crippen molar-refractivity contribution >= 4 is 11.8 Å². The number of ether oxygens (including phenoxy) is 1. The van der Waals surface area contributed by atoms with Gasteiger partial charge in [0.1, 0.15) is 0 Å². The standard InChI is InChI=1S/C15H27N3O3/c1-10(2)15(20)18-6-4-11(5-7-18)17-14(19)12-8-21-9-13(12)16-3/h10-13,16H,4-9H2,1-3H3,(H,17,19). The molecule has 2 unspecified atom stereocenters. The Morgan fingerprint density at radius 3 is 2.43 bits per heavy atom. The van der Waals surface area contributed by atoms with E-state index in [9.17, 15) is 9.59 Å². The fourth-order valence-corrected chi connectivity index (χ4v) is 3.01. The lowest BCUT2D eigenvalue weighted by Crippen LogP contribution is -2.50. The number of likely N-dealkylation sites (tertiary alicyclic amines) is 1. The van der Waals surface area contributed by atoms with Gasteiger partial charge >= 0.3 is 0 Å². The maximum atomic E-state index is 12.3. The van der Waals surface area contributed by atoms with Gasteiger partial charge in [0.2, 0.25) is 11.8 Å². The minimum Gasteiger partial charge on any atom is -0.379 e. The van der Waals surface area contributed by atoms with Gasteiger partial charge in [0, 0.05) is 31.1 Å². The van der Waals surface area contributed by atoms with Gasteiger partial charge in [0.15, 0.2) is 0 Å². The predicted molar refractivity (Wildman–Crippen MR) is 79.7 cm³/mol. The van der Waals surface area contributed by atoms with Crippen molar-refractivity contribution in [3.05, 3.63) is 0 Å². The van der Waals surface area contributed by atoms with Gasteiger partial charge in [-0.2, -0.15) is 0 Å². The van der Waals surface area contributed by atoms with E-state index >= 15 is 0 Å². The molecular weight excluding hydrogens is 270 g/mol. The third-order valence-corrected chi connectivity index (χ3v) is 4.43. The zero-order chi connectivity index (χ0) is 15.4. The molecule has 0 aromatic carbocycles. The van der Waals surface area contributed by atoms with Gasteiger partial charge in [0.25, 0.3) is 0 Å². The average molecular weight is 297 g/mol. The summed E-state index contributed by atoms with van der Waals surface area (Å²) in [6.07, 6.45) is 1.67. The van der Waals surface area contributed by atoms with Crippen molar-refractivity contribution in [1.82, 2.24) is 15.5 Å². The van der Waals surface area contributed by atoms with Crippen LogP contribution in [-0.2, 0) is 14.3 Å². The number of carbonyl (C=O) groups is 2. The average Bonchev–Trinajstić information content (AvgIpc) is 2.95. The van der Waals surface area contributed by atoms with Crippen molar-refractivity contribution < 1.29 is 14.3 Å². The van der Waals surface area contributed by atoms with Crippen LogP contribution in [0.15, 0.2) is 0 Å². The number of amides is 2. The molecule has 0 aromatic rings. The van der Waals surface area contributed by atoms with Crippen LogP contribution in [0.1, 0.15) is 26.7 Å². The van der Waals surface area contributed by atoms with E-state index in [4.69, 9.17) is 4.74 Å². The number of hydrogen-bond acceptors (Lipinski definition) is 4. The molecule has 6 heteroatoms. The first kappa shape index (κ1) is 16.2. The van der Waals surface area contributed by atoms with Crippen LogP contribution in [0.2, 0.25) is 0 Å². The van der Waals surface area contributed by atoms with E-state index in [2.05, 4.69) is 10.6 Å². The normalized spacial score (nSPS) is 27.1. The summed E-state index contributed by atoms with van der Waals surface area (Å²) in [7, 11) is 1.86. The highest BCUT2D eigenvalue weighted by Crippen LogP contribution is 2.17. The predicted octanol–water partition coefficient (Wildman–Crippen LogP) is -0.0160. The van der Waals surface area contributed by atoms with Gasteiger partial charge in [-0.25, -0.2) is 0 Å². The Labute approximate surface area is 126 Å². The molecule has 0 bridgehead atoms. The van der Waals surface area contributed by atoms with Crippen LogP contribution in [0.3, 0.4) is 0 Å². The molecule has 0 saturated carbocycles. The van der Waals surface area contributed by atoms with E-state index in [0.717, 1.165) is 25.9 Å². The Hall–Kier alpha value is -1.14. The molecule has 2 saturated heterocycles. The number of carbonyl (C=O) groups excluding carboxylic acids is 2. The molecule has 2 amide bonds. The quantitative estimate of drug-likeness (QED) is 0.765. The van der Waals surface area contributed by atoms with E-state index in [0.29, 0.717) is 13.2 Å². The smallest absolute Gasteiger partial charge is 0.227 e. The van der Waals surface area contributed by atoms with E-state index in [1.165, 1.54) is 0 Å². The minimum atomic E-state index is -0.106. The number of nitrogens with one attached hydrogen (secondary N) is 2. The largest absolute Gasteiger partial charge is 0.379 e. The second kappa shape index (κ2) is 7.22. The van der Waals surface area contributed by atoms with Crippen molar-refractivity contribution in [2.24, 2.45) is 11.8 Å². The van der Waals surface area contributed by atoms with Crippen LogP contribution in [0, 0.1) is 11.8 Å². The monoisotopic (exact) mass is 297 g/mol. The summed E-state index contributed by atoms with van der Waals surface area (Å²) in [4.78, 5) is 26.1. The van der Waals surface area contributed by atoms with Gasteiger partial charge < -0.3 is 20.3 Å². The zero-order valence-corrected chi connectivity index (χ0v) is 13.2. The van der Waals surface area contributed by atoms with Crippen LogP contribution in [0.4, 0.5) is 0 Å². The van der Waals surface area contributed by atoms with E-state index < -0.39 is 0 Å². The lowest BCUT2D eigenvalue weighted by atomic mass is 9.99. The second-order valence-corrected chi connectivity index (χ2v) is 6.30. The summed E-state index contributed by atoms with van der Waals surface area (Å²) >= 11 is 0. The summed E-state index contributed by atoms with van der Waals surface area (Å²) < 4.78 is 5.37. The fourth-order valence-electron chi connectivity index (χ4n) is 3.01. The molecule has 2 fully saturated rings. The summed E-state index contributed by atoms with van der Waals surface area (Å²) in [5, 5.41) is 6.24. The third kappa shape index (κ3) is 3.95. The minimum absolute atomic E-state index is 0.0446. The highest BCUT2D eigenvalue weighted by Gasteiger charge is 2.34. The highest BCUT2D eigenvalue weighted by atomic mass is 16.5. The number of nitrogens with zero attached hydrogens (tertiary/aromatic N) is 1. The molecule has 6 nitrogen and oxygen atoms in total. The molecule has 120 valence electrons. The van der Waals surface area contributed by atoms with Crippen molar-refractivity contribution in [3.63, 3.8) is 0 Å². The van der Waals surface area contributed by atoms with Crippen molar-refractivity contribution in [2.75, 3.05) is 33.4 Å². The number of likely N-dealkylation sites (N-methyl/N-ethyl adjacent to an activating group) is 1. The van der Waals surface area contributed by atoms with Crippen LogP contribution in [-0.4, -0.2) is 62.1 Å². The number of piperidine rings is 1. The summed E-state index contributed by atoms with van der Waals surface area (Å²) in [5.74, 6) is 0.216. The number of rotatable bonds is 4. The first-order chi connectivity index (χ1) is 10.0. The zero-order valence-electron chi connectivity index (χ0n) is 13.2.